The molecule has 1 N–H and O–H groups in total. The van der Waals surface area contributed by atoms with Crippen LogP contribution in [-0.4, -0.2) is 52.9 Å². The Morgan fingerprint density at radius 1 is 1.38 bits per heavy atom. The van der Waals surface area contributed by atoms with Gasteiger partial charge in [0.25, 0.3) is 5.91 Å². The summed E-state index contributed by atoms with van der Waals surface area (Å²) in [7, 11) is 2.15. The lowest BCUT2D eigenvalue weighted by Crippen LogP contribution is -2.39. The molecule has 1 unspecified atom stereocenters. The zero-order chi connectivity index (χ0) is 19.5. The fourth-order valence-electron chi connectivity index (χ4n) is 2.00. The normalized spacial score (nSPS) is 12.7. The summed E-state index contributed by atoms with van der Waals surface area (Å²) >= 11 is 0. The van der Waals surface area contributed by atoms with E-state index in [2.05, 4.69) is 21.9 Å². The SMILES string of the molecule is CCN(C)S(=O)CCCC#Cc1cccc(C(=O)N[C@H](C)C(=O)OC)c1. The number of carbonyl (C=O) groups is 2. The van der Waals surface area contributed by atoms with Crippen LogP contribution in [0.4, 0.5) is 0 Å². The van der Waals surface area contributed by atoms with Crippen molar-refractivity contribution in [3.05, 3.63) is 35.4 Å². The molecule has 0 spiro atoms. The van der Waals surface area contributed by atoms with Crippen LogP contribution < -0.4 is 5.32 Å². The van der Waals surface area contributed by atoms with Gasteiger partial charge in [0.2, 0.25) is 0 Å². The largest absolute Gasteiger partial charge is 0.467 e. The summed E-state index contributed by atoms with van der Waals surface area (Å²) in [4.78, 5) is 23.5. The second-order valence-corrected chi connectivity index (χ2v) is 7.35. The molecule has 1 aromatic carbocycles. The molecule has 0 aliphatic rings. The summed E-state index contributed by atoms with van der Waals surface area (Å²) in [6.45, 7) is 4.28. The van der Waals surface area contributed by atoms with Crippen molar-refractivity contribution in [2.24, 2.45) is 0 Å². The number of unbranched alkanes of at least 4 members (excludes halogenated alkanes) is 1. The maximum Gasteiger partial charge on any atom is 0.328 e. The summed E-state index contributed by atoms with van der Waals surface area (Å²) in [6, 6.07) is 6.18. The summed E-state index contributed by atoms with van der Waals surface area (Å²) in [5.41, 5.74) is 1.15. The summed E-state index contributed by atoms with van der Waals surface area (Å²) < 4.78 is 18.2. The van der Waals surface area contributed by atoms with Crippen molar-refractivity contribution in [1.82, 2.24) is 9.62 Å². The first kappa shape index (κ1) is 21.9. The second-order valence-electron chi connectivity index (χ2n) is 5.67. The van der Waals surface area contributed by atoms with Gasteiger partial charge in [-0.3, -0.25) is 4.79 Å². The molecule has 1 aromatic rings. The highest BCUT2D eigenvalue weighted by molar-refractivity contribution is 7.82. The monoisotopic (exact) mass is 378 g/mol. The van der Waals surface area contributed by atoms with Gasteiger partial charge in [-0.15, -0.1) is 0 Å². The van der Waals surface area contributed by atoms with E-state index in [1.54, 1.807) is 29.4 Å². The van der Waals surface area contributed by atoms with Crippen LogP contribution in [0.3, 0.4) is 0 Å². The fourth-order valence-corrected chi connectivity index (χ4v) is 2.99. The van der Waals surface area contributed by atoms with Gasteiger partial charge < -0.3 is 10.1 Å². The molecule has 0 aliphatic heterocycles. The van der Waals surface area contributed by atoms with Crippen LogP contribution >= 0.6 is 0 Å². The lowest BCUT2D eigenvalue weighted by molar-refractivity contribution is -0.142. The molecular formula is C19H26N2O4S. The number of nitrogens with one attached hydrogen (secondary N) is 1. The van der Waals surface area contributed by atoms with Crippen molar-refractivity contribution in [1.29, 1.82) is 0 Å². The van der Waals surface area contributed by atoms with Crippen LogP contribution in [0.2, 0.25) is 0 Å². The van der Waals surface area contributed by atoms with E-state index in [-0.39, 0.29) is 5.91 Å². The number of esters is 1. The number of rotatable bonds is 8. The first-order valence-electron chi connectivity index (χ1n) is 8.46. The van der Waals surface area contributed by atoms with Gasteiger partial charge in [0.05, 0.1) is 18.1 Å². The molecule has 0 fully saturated rings. The van der Waals surface area contributed by atoms with E-state index in [1.165, 1.54) is 7.11 Å². The van der Waals surface area contributed by atoms with Gasteiger partial charge >= 0.3 is 5.97 Å². The van der Waals surface area contributed by atoms with E-state index in [1.807, 2.05) is 20.0 Å². The molecule has 1 rings (SSSR count). The van der Waals surface area contributed by atoms with E-state index < -0.39 is 23.0 Å². The van der Waals surface area contributed by atoms with E-state index in [4.69, 9.17) is 0 Å². The standard InChI is InChI=1S/C19H26N2O4S/c1-5-21(3)26(24)13-8-6-7-10-16-11-9-12-17(14-16)18(22)20-15(2)19(23)25-4/h9,11-12,14-15H,5-6,8,13H2,1-4H3,(H,20,22)/t15-,26?/m1/s1. The minimum absolute atomic E-state index is 0.357. The van der Waals surface area contributed by atoms with Crippen molar-refractivity contribution >= 4 is 22.9 Å². The molecule has 0 aromatic heterocycles. The quantitative estimate of drug-likeness (QED) is 0.425. The molecule has 2 atom stereocenters. The van der Waals surface area contributed by atoms with Gasteiger partial charge in [0.1, 0.15) is 6.04 Å². The Bertz CT molecular complexity index is 709. The Morgan fingerprint density at radius 3 is 2.77 bits per heavy atom. The molecule has 0 bridgehead atoms. The smallest absolute Gasteiger partial charge is 0.328 e. The molecule has 0 saturated carbocycles. The molecule has 1 amide bonds. The molecule has 0 saturated heterocycles. The maximum atomic E-state index is 12.2. The van der Waals surface area contributed by atoms with Crippen LogP contribution in [0, 0.1) is 11.8 Å². The molecule has 0 radical (unpaired) electrons. The highest BCUT2D eigenvalue weighted by Crippen LogP contribution is 2.05. The molecule has 7 heteroatoms. The summed E-state index contributed by atoms with van der Waals surface area (Å²) in [5.74, 6) is 5.78. The van der Waals surface area contributed by atoms with Gasteiger partial charge in [-0.1, -0.05) is 24.8 Å². The average Bonchev–Trinajstić information content (AvgIpc) is 2.66. The Hall–Kier alpha value is -2.17. The minimum atomic E-state index is -0.958. The predicted molar refractivity (Wildman–Crippen MR) is 103 cm³/mol. The predicted octanol–water partition coefficient (Wildman–Crippen LogP) is 1.72. The van der Waals surface area contributed by atoms with Gasteiger partial charge in [-0.2, -0.15) is 0 Å². The number of hydrogen-bond acceptors (Lipinski definition) is 4. The van der Waals surface area contributed by atoms with Gasteiger partial charge in [-0.25, -0.2) is 13.3 Å². The number of nitrogens with zero attached hydrogens (tertiary/aromatic N) is 1. The van der Waals surface area contributed by atoms with Gasteiger partial charge in [0.15, 0.2) is 0 Å². The Balaban J connectivity index is 2.58. The third kappa shape index (κ3) is 7.38. The molecule has 0 heterocycles. The first-order chi connectivity index (χ1) is 12.4. The average molecular weight is 378 g/mol. The van der Waals surface area contributed by atoms with E-state index in [0.717, 1.165) is 18.5 Å². The minimum Gasteiger partial charge on any atom is -0.467 e. The Morgan fingerprint density at radius 2 is 2.12 bits per heavy atom. The second kappa shape index (κ2) is 11.4. The van der Waals surface area contributed by atoms with Crippen molar-refractivity contribution < 1.29 is 18.5 Å². The van der Waals surface area contributed by atoms with Gasteiger partial charge in [-0.05, 0) is 38.6 Å². The van der Waals surface area contributed by atoms with E-state index in [9.17, 15) is 13.8 Å². The number of benzene rings is 1. The Labute approximate surface area is 157 Å². The molecule has 6 nitrogen and oxygen atoms in total. The third-order valence-corrected chi connectivity index (χ3v) is 5.26. The van der Waals surface area contributed by atoms with Crippen LogP contribution in [0.5, 0.6) is 0 Å². The fraction of sp³-hybridized carbons (Fsp3) is 0.474. The van der Waals surface area contributed by atoms with Crippen molar-refractivity contribution in [2.75, 3.05) is 26.5 Å². The molecule has 142 valence electrons. The zero-order valence-corrected chi connectivity index (χ0v) is 16.5. The van der Waals surface area contributed by atoms with E-state index in [0.29, 0.717) is 17.7 Å². The number of amides is 1. The highest BCUT2D eigenvalue weighted by atomic mass is 32.2. The van der Waals surface area contributed by atoms with Crippen molar-refractivity contribution in [3.8, 4) is 11.8 Å². The third-order valence-electron chi connectivity index (χ3n) is 3.67. The van der Waals surface area contributed by atoms with Crippen molar-refractivity contribution in [2.45, 2.75) is 32.7 Å². The Kier molecular flexibility index (Phi) is 9.63. The first-order valence-corrected chi connectivity index (χ1v) is 9.73. The van der Waals surface area contributed by atoms with Crippen LogP contribution in [-0.2, 0) is 20.5 Å². The lowest BCUT2D eigenvalue weighted by atomic mass is 10.1. The van der Waals surface area contributed by atoms with Gasteiger partial charge in [0, 0.05) is 29.8 Å². The lowest BCUT2D eigenvalue weighted by Gasteiger charge is -2.11. The molecule has 26 heavy (non-hydrogen) atoms. The number of carbonyl (C=O) groups excluding carboxylic acids is 2. The topological polar surface area (TPSA) is 75.7 Å². The van der Waals surface area contributed by atoms with E-state index >= 15 is 0 Å². The zero-order valence-electron chi connectivity index (χ0n) is 15.7. The van der Waals surface area contributed by atoms with Crippen LogP contribution in [0.25, 0.3) is 0 Å². The maximum absolute atomic E-state index is 12.2. The number of methoxy groups -OCH3 is 1. The highest BCUT2D eigenvalue weighted by Gasteiger charge is 2.16. The van der Waals surface area contributed by atoms with Crippen LogP contribution in [0.1, 0.15) is 42.6 Å². The van der Waals surface area contributed by atoms with Crippen LogP contribution in [0.15, 0.2) is 24.3 Å². The molecule has 0 aliphatic carbocycles. The summed E-state index contributed by atoms with van der Waals surface area (Å²) in [6.07, 6.45) is 1.39. The number of ether oxygens (including phenoxy) is 1. The van der Waals surface area contributed by atoms with Crippen molar-refractivity contribution in [3.63, 3.8) is 0 Å². The number of hydrogen-bond donors (Lipinski definition) is 1. The summed E-state index contributed by atoms with van der Waals surface area (Å²) in [5, 5.41) is 2.58. The molecular weight excluding hydrogens is 352 g/mol.